The first-order valence-corrected chi connectivity index (χ1v) is 16.3. The van der Waals surface area contributed by atoms with Gasteiger partial charge in [0.15, 0.2) is 0 Å². The molecule has 0 saturated heterocycles. The SMILES string of the molecule is N/C(=[N]\[Pb][I])c1cccc(C(=O)O)c1. The van der Waals surface area contributed by atoms with Crippen molar-refractivity contribution in [3.63, 3.8) is 0 Å². The van der Waals surface area contributed by atoms with Gasteiger partial charge in [-0.25, -0.2) is 0 Å². The summed E-state index contributed by atoms with van der Waals surface area (Å²) in [5.74, 6) is -0.498. The maximum absolute atomic E-state index is 10.7. The van der Waals surface area contributed by atoms with Crippen molar-refractivity contribution in [3.05, 3.63) is 35.4 Å². The van der Waals surface area contributed by atoms with Crippen LogP contribution in [0.4, 0.5) is 0 Å². The predicted molar refractivity (Wildman–Crippen MR) is 63.9 cm³/mol. The second-order valence-electron chi connectivity index (χ2n) is 2.47. The Balaban J connectivity index is 3.05. The van der Waals surface area contributed by atoms with E-state index in [4.69, 9.17) is 10.8 Å². The summed E-state index contributed by atoms with van der Waals surface area (Å²) >= 11 is 1.31. The molecular weight excluding hydrogens is 490 g/mol. The topological polar surface area (TPSA) is 75.7 Å². The second-order valence-corrected chi connectivity index (χ2v) is 8.23. The van der Waals surface area contributed by atoms with E-state index in [2.05, 4.69) is 20.6 Å². The summed E-state index contributed by atoms with van der Waals surface area (Å²) < 4.78 is 4.18. The summed E-state index contributed by atoms with van der Waals surface area (Å²) in [7, 11) is 0. The summed E-state index contributed by atoms with van der Waals surface area (Å²) in [6, 6.07) is 6.51. The molecule has 6 heteroatoms. The van der Waals surface area contributed by atoms with E-state index in [0.29, 0.717) is 11.4 Å². The van der Waals surface area contributed by atoms with Gasteiger partial charge in [-0.15, -0.1) is 0 Å². The first kappa shape index (κ1) is 11.9. The molecule has 0 bridgehead atoms. The second kappa shape index (κ2) is 5.63. The van der Waals surface area contributed by atoms with E-state index in [0.717, 1.165) is 0 Å². The van der Waals surface area contributed by atoms with Crippen molar-refractivity contribution in [1.82, 2.24) is 0 Å². The summed E-state index contributed by atoms with van der Waals surface area (Å²) in [4.78, 5) is 10.7. The van der Waals surface area contributed by atoms with E-state index in [1.807, 2.05) is 0 Å². The molecule has 0 heterocycles. The Morgan fingerprint density at radius 2 is 2.14 bits per heavy atom. The van der Waals surface area contributed by atoms with E-state index in [9.17, 15) is 4.79 Å². The third-order valence-electron chi connectivity index (χ3n) is 1.57. The number of benzene rings is 1. The van der Waals surface area contributed by atoms with Crippen LogP contribution in [-0.4, -0.2) is 37.2 Å². The van der Waals surface area contributed by atoms with E-state index < -0.39 is 26.2 Å². The van der Waals surface area contributed by atoms with Crippen LogP contribution in [0.2, 0.25) is 0 Å². The molecule has 72 valence electrons. The van der Waals surface area contributed by atoms with Crippen LogP contribution < -0.4 is 5.73 Å². The van der Waals surface area contributed by atoms with Gasteiger partial charge in [0.1, 0.15) is 0 Å². The van der Waals surface area contributed by atoms with Gasteiger partial charge in [-0.05, 0) is 0 Å². The Bertz CT molecular complexity index is 381. The zero-order chi connectivity index (χ0) is 10.6. The number of carboxylic acids is 1. The molecule has 0 aliphatic carbocycles. The molecule has 1 aromatic carbocycles. The van der Waals surface area contributed by atoms with E-state index in [-0.39, 0.29) is 5.56 Å². The molecule has 0 atom stereocenters. The number of hydrogen-bond acceptors (Lipinski definition) is 2. The van der Waals surface area contributed by atoms with Crippen LogP contribution in [-0.2, 0) is 0 Å². The molecule has 14 heavy (non-hydrogen) atoms. The van der Waals surface area contributed by atoms with Gasteiger partial charge in [-0.3, -0.25) is 0 Å². The maximum atomic E-state index is 10.7. The zero-order valence-electron chi connectivity index (χ0n) is 7.07. The normalized spacial score (nSPS) is 11.4. The molecule has 0 amide bonds. The number of hydrogen-bond donors (Lipinski definition) is 2. The number of nitrogens with two attached hydrogens (primary N) is 1. The predicted octanol–water partition coefficient (Wildman–Crippen LogP) is 1.06. The Hall–Kier alpha value is -0.188. The quantitative estimate of drug-likeness (QED) is 0.284. The molecule has 0 unspecified atom stereocenters. The van der Waals surface area contributed by atoms with Crippen LogP contribution in [0.3, 0.4) is 0 Å². The minimum atomic E-state index is -0.955. The van der Waals surface area contributed by atoms with Gasteiger partial charge >= 0.3 is 104 Å². The van der Waals surface area contributed by atoms with Crippen LogP contribution in [0.25, 0.3) is 0 Å². The molecule has 0 aromatic heterocycles. The molecule has 0 aliphatic rings. The van der Waals surface area contributed by atoms with Crippen LogP contribution in [0.15, 0.2) is 27.1 Å². The standard InChI is InChI=1S/C8H7N2O2.HI.Pb/c9-7(10)5-2-1-3-6(4-5)8(11)12;;/h1-4H,(H3-,9,10,11,12);1H;/q-1;;+2/p-1. The summed E-state index contributed by atoms with van der Waals surface area (Å²) in [6.07, 6.45) is 0. The average molecular weight is 497 g/mol. The zero-order valence-corrected chi connectivity index (χ0v) is 13.1. The molecule has 3 N–H and O–H groups in total. The average Bonchev–Trinajstić information content (AvgIpc) is 2.18. The third kappa shape index (κ3) is 3.19. The Labute approximate surface area is 103 Å². The van der Waals surface area contributed by atoms with Gasteiger partial charge in [0.05, 0.1) is 0 Å². The van der Waals surface area contributed by atoms with Gasteiger partial charge in [0, 0.05) is 0 Å². The third-order valence-corrected chi connectivity index (χ3v) is 4.95. The number of nitrogens with zero attached hydrogens (tertiary/aromatic N) is 1. The van der Waals surface area contributed by atoms with Crippen LogP contribution in [0.5, 0.6) is 0 Å². The Kier molecular flexibility index (Phi) is 4.78. The van der Waals surface area contributed by atoms with Gasteiger partial charge in [-0.2, -0.15) is 0 Å². The van der Waals surface area contributed by atoms with Crippen molar-refractivity contribution >= 4 is 49.8 Å². The van der Waals surface area contributed by atoms with Crippen molar-refractivity contribution in [1.29, 1.82) is 0 Å². The fourth-order valence-corrected chi connectivity index (χ4v) is 4.06. The molecule has 0 aliphatic heterocycles. The molecule has 0 saturated carbocycles. The van der Waals surface area contributed by atoms with Crippen molar-refractivity contribution in [2.75, 3.05) is 0 Å². The van der Waals surface area contributed by atoms with Crippen LogP contribution in [0.1, 0.15) is 15.9 Å². The van der Waals surface area contributed by atoms with Gasteiger partial charge in [0.25, 0.3) is 0 Å². The van der Waals surface area contributed by atoms with E-state index >= 15 is 0 Å². The molecule has 1 rings (SSSR count). The molecular formula is C8H7IN2O2Pb. The van der Waals surface area contributed by atoms with Gasteiger partial charge < -0.3 is 0 Å². The van der Waals surface area contributed by atoms with Gasteiger partial charge in [-0.1, -0.05) is 0 Å². The van der Waals surface area contributed by atoms with Gasteiger partial charge in [0.2, 0.25) is 0 Å². The first-order chi connectivity index (χ1) is 6.65. The Morgan fingerprint density at radius 1 is 1.50 bits per heavy atom. The fourth-order valence-electron chi connectivity index (χ4n) is 0.922. The molecule has 1 aromatic rings. The number of carbonyl (C=O) groups is 1. The number of carboxylic acid groups (broad SMARTS) is 1. The fraction of sp³-hybridized carbons (Fsp3) is 0. The summed E-state index contributed by atoms with van der Waals surface area (Å²) in [5.41, 5.74) is 6.60. The molecule has 0 fully saturated rings. The van der Waals surface area contributed by atoms with E-state index in [1.165, 1.54) is 12.1 Å². The van der Waals surface area contributed by atoms with Crippen molar-refractivity contribution in [2.45, 2.75) is 0 Å². The van der Waals surface area contributed by atoms with Crippen molar-refractivity contribution in [2.24, 2.45) is 8.54 Å². The monoisotopic (exact) mass is 498 g/mol. The van der Waals surface area contributed by atoms with Crippen molar-refractivity contribution < 1.29 is 9.90 Å². The van der Waals surface area contributed by atoms with Crippen molar-refractivity contribution in [3.8, 4) is 0 Å². The number of aromatic carboxylic acids is 1. The number of amidine groups is 1. The molecule has 2 radical (unpaired) electrons. The summed E-state index contributed by atoms with van der Waals surface area (Å²) in [5, 5.41) is 8.75. The Morgan fingerprint density at radius 3 is 2.71 bits per heavy atom. The summed E-state index contributed by atoms with van der Waals surface area (Å²) in [6.45, 7) is 0. The molecule has 0 spiro atoms. The number of halogens is 1. The molecule has 4 nitrogen and oxygen atoms in total. The number of rotatable bonds is 3. The minimum absolute atomic E-state index is 0.238. The van der Waals surface area contributed by atoms with Crippen LogP contribution in [0, 0.1) is 0 Å². The van der Waals surface area contributed by atoms with E-state index in [1.54, 1.807) is 12.1 Å². The van der Waals surface area contributed by atoms with Crippen LogP contribution >= 0.6 is 17.8 Å². The first-order valence-electron chi connectivity index (χ1n) is 3.67.